The Hall–Kier alpha value is -2.37. The molecule has 6 nitrogen and oxygen atoms in total. The number of nitrogens with zero attached hydrogens (tertiary/aromatic N) is 3. The molecule has 1 aromatic heterocycles. The minimum atomic E-state index is 0.0389. The summed E-state index contributed by atoms with van der Waals surface area (Å²) in [6, 6.07) is 7.90. The highest BCUT2D eigenvalue weighted by Gasteiger charge is 2.15. The predicted molar refractivity (Wildman–Crippen MR) is 90.7 cm³/mol. The monoisotopic (exact) mass is 328 g/mol. The molecule has 1 aromatic carbocycles. The van der Waals surface area contributed by atoms with Gasteiger partial charge in [-0.15, -0.1) is 10.2 Å². The molecule has 0 unspecified atom stereocenters. The Bertz CT molecular complexity index is 679. The molecule has 1 amide bonds. The van der Waals surface area contributed by atoms with Crippen molar-refractivity contribution in [1.29, 1.82) is 0 Å². The van der Waals surface area contributed by atoms with Crippen molar-refractivity contribution in [3.05, 3.63) is 41.5 Å². The number of aryl methyl sites for hydroxylation is 2. The second-order valence-corrected chi connectivity index (χ2v) is 5.99. The standard InChI is InChI=1S/C18H24N4O2/c1-2-24-15-9-6-14(7-10-15)8-11-18(23)19-13-17-21-20-16-5-3-4-12-22(16)17/h6-7,9-10H,2-5,8,11-13H2,1H3,(H,19,23). The molecular formula is C18H24N4O2. The molecular weight excluding hydrogens is 304 g/mol. The fraction of sp³-hybridized carbons (Fsp3) is 0.500. The van der Waals surface area contributed by atoms with E-state index in [2.05, 4.69) is 20.1 Å². The molecule has 128 valence electrons. The van der Waals surface area contributed by atoms with Gasteiger partial charge in [-0.2, -0.15) is 0 Å². The first-order valence-electron chi connectivity index (χ1n) is 8.65. The maximum Gasteiger partial charge on any atom is 0.220 e. The van der Waals surface area contributed by atoms with Crippen LogP contribution in [-0.4, -0.2) is 27.3 Å². The van der Waals surface area contributed by atoms with E-state index in [0.29, 0.717) is 19.6 Å². The van der Waals surface area contributed by atoms with Crippen LogP contribution in [0, 0.1) is 0 Å². The van der Waals surface area contributed by atoms with E-state index in [1.54, 1.807) is 0 Å². The zero-order valence-electron chi connectivity index (χ0n) is 14.1. The minimum Gasteiger partial charge on any atom is -0.494 e. The minimum absolute atomic E-state index is 0.0389. The van der Waals surface area contributed by atoms with Gasteiger partial charge in [-0.3, -0.25) is 4.79 Å². The van der Waals surface area contributed by atoms with E-state index in [9.17, 15) is 4.79 Å². The lowest BCUT2D eigenvalue weighted by atomic mass is 10.1. The lowest BCUT2D eigenvalue weighted by Crippen LogP contribution is -2.25. The largest absolute Gasteiger partial charge is 0.494 e. The van der Waals surface area contributed by atoms with Crippen molar-refractivity contribution >= 4 is 5.91 Å². The number of fused-ring (bicyclic) bond motifs is 1. The van der Waals surface area contributed by atoms with Gasteiger partial charge >= 0.3 is 0 Å². The summed E-state index contributed by atoms with van der Waals surface area (Å²) >= 11 is 0. The van der Waals surface area contributed by atoms with Crippen LogP contribution in [0.3, 0.4) is 0 Å². The number of carbonyl (C=O) groups is 1. The molecule has 2 heterocycles. The normalized spacial score (nSPS) is 13.4. The molecule has 2 aromatic rings. The van der Waals surface area contributed by atoms with Gasteiger partial charge in [0.1, 0.15) is 11.6 Å². The number of aromatic nitrogens is 3. The number of hydrogen-bond acceptors (Lipinski definition) is 4. The quantitative estimate of drug-likeness (QED) is 0.846. The van der Waals surface area contributed by atoms with Crippen LogP contribution in [0.15, 0.2) is 24.3 Å². The SMILES string of the molecule is CCOc1ccc(CCC(=O)NCc2nnc3n2CCCC3)cc1. The average molecular weight is 328 g/mol. The van der Waals surface area contributed by atoms with Gasteiger partial charge in [-0.05, 0) is 43.9 Å². The highest BCUT2D eigenvalue weighted by Crippen LogP contribution is 2.15. The number of carbonyl (C=O) groups excluding carboxylic acids is 1. The highest BCUT2D eigenvalue weighted by atomic mass is 16.5. The molecule has 0 saturated carbocycles. The predicted octanol–water partition coefficient (Wildman–Crippen LogP) is 2.26. The Morgan fingerprint density at radius 1 is 1.25 bits per heavy atom. The van der Waals surface area contributed by atoms with E-state index in [1.165, 1.54) is 6.42 Å². The van der Waals surface area contributed by atoms with Gasteiger partial charge in [0.25, 0.3) is 0 Å². The smallest absolute Gasteiger partial charge is 0.220 e. The van der Waals surface area contributed by atoms with Crippen molar-refractivity contribution in [2.45, 2.75) is 52.1 Å². The number of rotatable bonds is 7. The summed E-state index contributed by atoms with van der Waals surface area (Å²) in [5.74, 6) is 2.80. The number of hydrogen-bond donors (Lipinski definition) is 1. The van der Waals surface area contributed by atoms with Gasteiger partial charge in [-0.1, -0.05) is 12.1 Å². The van der Waals surface area contributed by atoms with Crippen molar-refractivity contribution in [3.8, 4) is 5.75 Å². The maximum absolute atomic E-state index is 12.1. The summed E-state index contributed by atoms with van der Waals surface area (Å²) < 4.78 is 7.55. The summed E-state index contributed by atoms with van der Waals surface area (Å²) in [6.07, 6.45) is 4.50. The first kappa shape index (κ1) is 16.5. The molecule has 0 spiro atoms. The molecule has 0 radical (unpaired) electrons. The first-order valence-corrected chi connectivity index (χ1v) is 8.65. The molecule has 0 saturated heterocycles. The fourth-order valence-corrected chi connectivity index (χ4v) is 2.94. The third-order valence-electron chi connectivity index (χ3n) is 4.25. The van der Waals surface area contributed by atoms with E-state index in [0.717, 1.165) is 48.8 Å². The Labute approximate surface area is 142 Å². The summed E-state index contributed by atoms with van der Waals surface area (Å²) in [6.45, 7) is 4.04. The van der Waals surface area contributed by atoms with Crippen molar-refractivity contribution in [2.75, 3.05) is 6.61 Å². The molecule has 1 aliphatic rings. The van der Waals surface area contributed by atoms with E-state index < -0.39 is 0 Å². The fourth-order valence-electron chi connectivity index (χ4n) is 2.94. The zero-order chi connectivity index (χ0) is 16.8. The highest BCUT2D eigenvalue weighted by molar-refractivity contribution is 5.76. The molecule has 1 N–H and O–H groups in total. The van der Waals surface area contributed by atoms with Crippen LogP contribution in [0.25, 0.3) is 0 Å². The van der Waals surface area contributed by atoms with E-state index in [-0.39, 0.29) is 5.91 Å². The first-order chi connectivity index (χ1) is 11.8. The van der Waals surface area contributed by atoms with Gasteiger partial charge in [0.05, 0.1) is 13.2 Å². The van der Waals surface area contributed by atoms with Crippen molar-refractivity contribution in [2.24, 2.45) is 0 Å². The second kappa shape index (κ2) is 7.95. The van der Waals surface area contributed by atoms with E-state index in [4.69, 9.17) is 4.74 Å². The number of nitrogens with one attached hydrogen (secondary N) is 1. The molecule has 24 heavy (non-hydrogen) atoms. The molecule has 0 bridgehead atoms. The van der Waals surface area contributed by atoms with Crippen LogP contribution in [0.1, 0.15) is 43.4 Å². The Morgan fingerprint density at radius 2 is 2.08 bits per heavy atom. The van der Waals surface area contributed by atoms with Crippen LogP contribution in [0.2, 0.25) is 0 Å². The molecule has 6 heteroatoms. The molecule has 3 rings (SSSR count). The van der Waals surface area contributed by atoms with Gasteiger partial charge in [0, 0.05) is 19.4 Å². The lowest BCUT2D eigenvalue weighted by Gasteiger charge is -2.14. The van der Waals surface area contributed by atoms with Gasteiger partial charge in [0.2, 0.25) is 5.91 Å². The molecule has 0 aliphatic carbocycles. The molecule has 0 atom stereocenters. The Kier molecular flexibility index (Phi) is 5.46. The van der Waals surface area contributed by atoms with E-state index >= 15 is 0 Å². The van der Waals surface area contributed by atoms with Crippen LogP contribution in [0.5, 0.6) is 5.75 Å². The van der Waals surface area contributed by atoms with Crippen LogP contribution >= 0.6 is 0 Å². The lowest BCUT2D eigenvalue weighted by molar-refractivity contribution is -0.121. The zero-order valence-corrected chi connectivity index (χ0v) is 14.1. The van der Waals surface area contributed by atoms with E-state index in [1.807, 2.05) is 31.2 Å². The summed E-state index contributed by atoms with van der Waals surface area (Å²) in [5.41, 5.74) is 1.13. The van der Waals surface area contributed by atoms with Gasteiger partial charge < -0.3 is 14.6 Å². The summed E-state index contributed by atoms with van der Waals surface area (Å²) in [7, 11) is 0. The second-order valence-electron chi connectivity index (χ2n) is 5.99. The third kappa shape index (κ3) is 4.13. The van der Waals surface area contributed by atoms with Crippen LogP contribution < -0.4 is 10.1 Å². The average Bonchev–Trinajstić information content (AvgIpc) is 3.03. The van der Waals surface area contributed by atoms with Crippen LogP contribution in [0.4, 0.5) is 0 Å². The molecule has 1 aliphatic heterocycles. The Balaban J connectivity index is 1.45. The number of ether oxygens (including phenoxy) is 1. The van der Waals surface area contributed by atoms with Gasteiger partial charge in [-0.25, -0.2) is 0 Å². The summed E-state index contributed by atoms with van der Waals surface area (Å²) in [5, 5.41) is 11.4. The van der Waals surface area contributed by atoms with Crippen molar-refractivity contribution in [3.63, 3.8) is 0 Å². The number of benzene rings is 1. The number of amides is 1. The topological polar surface area (TPSA) is 69.0 Å². The molecule has 0 fully saturated rings. The van der Waals surface area contributed by atoms with Crippen molar-refractivity contribution in [1.82, 2.24) is 20.1 Å². The Morgan fingerprint density at radius 3 is 2.88 bits per heavy atom. The summed E-state index contributed by atoms with van der Waals surface area (Å²) in [4.78, 5) is 12.1. The third-order valence-corrected chi connectivity index (χ3v) is 4.25. The maximum atomic E-state index is 12.1. The van der Waals surface area contributed by atoms with Crippen LogP contribution in [-0.2, 0) is 30.7 Å². The van der Waals surface area contributed by atoms with Gasteiger partial charge in [0.15, 0.2) is 5.82 Å². The van der Waals surface area contributed by atoms with Crippen molar-refractivity contribution < 1.29 is 9.53 Å².